The van der Waals surface area contributed by atoms with Crippen LogP contribution in [0.1, 0.15) is 28.9 Å². The average molecular weight is 288 g/mol. The Labute approximate surface area is 121 Å². The molecule has 6 heteroatoms. The van der Waals surface area contributed by atoms with E-state index in [9.17, 15) is 15.0 Å². The summed E-state index contributed by atoms with van der Waals surface area (Å²) in [5.74, 6) is -1.51. The number of hydrogen-bond donors (Lipinski definition) is 3. The van der Waals surface area contributed by atoms with Crippen molar-refractivity contribution in [3.05, 3.63) is 41.9 Å². The quantitative estimate of drug-likeness (QED) is 0.701. The number of aryl methyl sites for hydroxylation is 1. The molecule has 0 fully saturated rings. The Kier molecular flexibility index (Phi) is 4.84. The van der Waals surface area contributed by atoms with Gasteiger partial charge in [0, 0.05) is 24.6 Å². The van der Waals surface area contributed by atoms with Gasteiger partial charge in [-0.2, -0.15) is 0 Å². The number of nitrogens with zero attached hydrogens (tertiary/aromatic N) is 2. The van der Waals surface area contributed by atoms with Crippen molar-refractivity contribution in [3.63, 3.8) is 0 Å². The minimum Gasteiger partial charge on any atom is -0.505 e. The smallest absolute Gasteiger partial charge is 0.339 e. The molecule has 2 aromatic heterocycles. The first kappa shape index (κ1) is 14.9. The summed E-state index contributed by atoms with van der Waals surface area (Å²) in [6.45, 7) is 0.0522. The lowest BCUT2D eigenvalue weighted by atomic mass is 10.1. The van der Waals surface area contributed by atoms with E-state index < -0.39 is 5.97 Å². The molecule has 0 aromatic carbocycles. The van der Waals surface area contributed by atoms with E-state index in [-0.39, 0.29) is 17.9 Å². The minimum absolute atomic E-state index is 0.0522. The van der Waals surface area contributed by atoms with Crippen LogP contribution in [0, 0.1) is 0 Å². The fourth-order valence-corrected chi connectivity index (χ4v) is 2.00. The van der Waals surface area contributed by atoms with Gasteiger partial charge in [0.2, 0.25) is 0 Å². The maximum atomic E-state index is 11.2. The van der Waals surface area contributed by atoms with Gasteiger partial charge >= 0.3 is 5.97 Å². The van der Waals surface area contributed by atoms with Gasteiger partial charge in [0.1, 0.15) is 5.56 Å². The molecule has 3 N–H and O–H groups in total. The van der Waals surface area contributed by atoms with Gasteiger partial charge in [-0.3, -0.25) is 4.98 Å². The Morgan fingerprint density at radius 2 is 1.90 bits per heavy atom. The Hall–Kier alpha value is -2.47. The van der Waals surface area contributed by atoms with Crippen LogP contribution in [0.3, 0.4) is 0 Å². The zero-order valence-corrected chi connectivity index (χ0v) is 11.4. The number of aromatic hydroxyl groups is 1. The zero-order valence-electron chi connectivity index (χ0n) is 11.4. The van der Waals surface area contributed by atoms with Crippen molar-refractivity contribution >= 4 is 5.97 Å². The lowest BCUT2D eigenvalue weighted by Crippen LogP contribution is -2.04. The van der Waals surface area contributed by atoms with Crippen molar-refractivity contribution in [1.82, 2.24) is 9.97 Å². The summed E-state index contributed by atoms with van der Waals surface area (Å²) in [7, 11) is 0. The molecule has 0 radical (unpaired) electrons. The molecule has 0 amide bonds. The summed E-state index contributed by atoms with van der Waals surface area (Å²) in [6, 6.07) is 4.80. The van der Waals surface area contributed by atoms with E-state index in [4.69, 9.17) is 5.11 Å². The third kappa shape index (κ3) is 3.55. The largest absolute Gasteiger partial charge is 0.505 e. The number of aliphatic hydroxyl groups is 1. The van der Waals surface area contributed by atoms with Gasteiger partial charge in [0.15, 0.2) is 5.75 Å². The number of aromatic nitrogens is 2. The van der Waals surface area contributed by atoms with Crippen molar-refractivity contribution in [3.8, 4) is 17.0 Å². The predicted octanol–water partition coefficient (Wildman–Crippen LogP) is 1.86. The second-order valence-corrected chi connectivity index (χ2v) is 4.57. The first-order valence-corrected chi connectivity index (χ1v) is 6.61. The fraction of sp³-hybridized carbons (Fsp3) is 0.267. The van der Waals surface area contributed by atoms with E-state index in [2.05, 4.69) is 9.97 Å². The lowest BCUT2D eigenvalue weighted by Gasteiger charge is -2.10. The first-order chi connectivity index (χ1) is 10.1. The zero-order chi connectivity index (χ0) is 15.2. The van der Waals surface area contributed by atoms with Gasteiger partial charge in [-0.05, 0) is 37.5 Å². The average Bonchev–Trinajstić information content (AvgIpc) is 2.49. The van der Waals surface area contributed by atoms with E-state index in [0.29, 0.717) is 30.7 Å². The summed E-state index contributed by atoms with van der Waals surface area (Å²) in [4.78, 5) is 19.5. The van der Waals surface area contributed by atoms with Crippen molar-refractivity contribution in [1.29, 1.82) is 0 Å². The van der Waals surface area contributed by atoms with Gasteiger partial charge in [-0.25, -0.2) is 9.78 Å². The van der Waals surface area contributed by atoms with Crippen molar-refractivity contribution < 1.29 is 20.1 Å². The molecule has 0 bridgehead atoms. The molecule has 2 aromatic rings. The first-order valence-electron chi connectivity index (χ1n) is 6.61. The van der Waals surface area contributed by atoms with Crippen molar-refractivity contribution in [2.75, 3.05) is 6.61 Å². The van der Waals surface area contributed by atoms with E-state index in [1.54, 1.807) is 24.5 Å². The second-order valence-electron chi connectivity index (χ2n) is 4.57. The molecule has 0 saturated carbocycles. The summed E-state index contributed by atoms with van der Waals surface area (Å²) in [5, 5.41) is 28.0. The highest BCUT2D eigenvalue weighted by molar-refractivity contribution is 5.92. The van der Waals surface area contributed by atoms with E-state index in [1.165, 1.54) is 6.07 Å². The number of unbranched alkanes of at least 4 members (excludes halogenated alkanes) is 1. The summed E-state index contributed by atoms with van der Waals surface area (Å²) < 4.78 is 0. The molecule has 110 valence electrons. The SMILES string of the molecule is O=C(O)c1cc(-c2ccncc2)nc(CCCCO)c1O. The van der Waals surface area contributed by atoms with Crippen LogP contribution in [0.2, 0.25) is 0 Å². The number of aliphatic hydroxyl groups excluding tert-OH is 1. The van der Waals surface area contributed by atoms with Crippen LogP contribution in [0.4, 0.5) is 0 Å². The molecule has 0 aliphatic carbocycles. The van der Waals surface area contributed by atoms with E-state index >= 15 is 0 Å². The molecule has 0 unspecified atom stereocenters. The number of carboxylic acid groups (broad SMARTS) is 1. The van der Waals surface area contributed by atoms with Gasteiger partial charge in [-0.15, -0.1) is 0 Å². The van der Waals surface area contributed by atoms with Crippen LogP contribution in [0.25, 0.3) is 11.3 Å². The number of carbonyl (C=O) groups is 1. The highest BCUT2D eigenvalue weighted by Crippen LogP contribution is 2.28. The van der Waals surface area contributed by atoms with Crippen LogP contribution >= 0.6 is 0 Å². The van der Waals surface area contributed by atoms with Crippen LogP contribution in [-0.2, 0) is 6.42 Å². The predicted molar refractivity (Wildman–Crippen MR) is 76.1 cm³/mol. The summed E-state index contributed by atoms with van der Waals surface area (Å²) >= 11 is 0. The highest BCUT2D eigenvalue weighted by atomic mass is 16.4. The van der Waals surface area contributed by atoms with Crippen molar-refractivity contribution in [2.45, 2.75) is 19.3 Å². The molecule has 2 rings (SSSR count). The molecule has 2 heterocycles. The standard InChI is InChI=1S/C15H16N2O4/c18-8-2-1-3-12-14(19)11(15(20)21)9-13(17-12)10-4-6-16-7-5-10/h4-7,9,18-19H,1-3,8H2,(H,20,21). The molecular weight excluding hydrogens is 272 g/mol. The number of rotatable bonds is 6. The molecule has 0 atom stereocenters. The topological polar surface area (TPSA) is 104 Å². The maximum Gasteiger partial charge on any atom is 0.339 e. The number of pyridine rings is 2. The Morgan fingerprint density at radius 1 is 1.19 bits per heavy atom. The lowest BCUT2D eigenvalue weighted by molar-refractivity contribution is 0.0693. The molecule has 0 aliphatic rings. The molecular formula is C15H16N2O4. The highest BCUT2D eigenvalue weighted by Gasteiger charge is 2.17. The van der Waals surface area contributed by atoms with Crippen molar-refractivity contribution in [2.24, 2.45) is 0 Å². The molecule has 0 saturated heterocycles. The van der Waals surface area contributed by atoms with Gasteiger partial charge in [-0.1, -0.05) is 0 Å². The molecule has 0 aliphatic heterocycles. The Balaban J connectivity index is 2.44. The molecule has 6 nitrogen and oxygen atoms in total. The second kappa shape index (κ2) is 6.81. The molecule has 0 spiro atoms. The van der Waals surface area contributed by atoms with Crippen LogP contribution in [-0.4, -0.2) is 37.9 Å². The number of carboxylic acids is 1. The van der Waals surface area contributed by atoms with E-state index in [1.807, 2.05) is 0 Å². The van der Waals surface area contributed by atoms with Crippen LogP contribution < -0.4 is 0 Å². The maximum absolute atomic E-state index is 11.2. The Morgan fingerprint density at radius 3 is 2.52 bits per heavy atom. The van der Waals surface area contributed by atoms with E-state index in [0.717, 1.165) is 5.56 Å². The van der Waals surface area contributed by atoms with Gasteiger partial charge in [0.25, 0.3) is 0 Å². The molecule has 21 heavy (non-hydrogen) atoms. The number of aromatic carboxylic acids is 1. The summed E-state index contributed by atoms with van der Waals surface area (Å²) in [5.41, 5.74) is 1.37. The third-order valence-corrected chi connectivity index (χ3v) is 3.09. The summed E-state index contributed by atoms with van der Waals surface area (Å²) in [6.07, 6.45) is 4.79. The third-order valence-electron chi connectivity index (χ3n) is 3.09. The van der Waals surface area contributed by atoms with Crippen LogP contribution in [0.15, 0.2) is 30.6 Å². The normalized spacial score (nSPS) is 10.5. The van der Waals surface area contributed by atoms with Crippen LogP contribution in [0.5, 0.6) is 5.75 Å². The van der Waals surface area contributed by atoms with Gasteiger partial charge in [0.05, 0.1) is 11.4 Å². The fourth-order valence-electron chi connectivity index (χ4n) is 2.00. The minimum atomic E-state index is -1.20. The van der Waals surface area contributed by atoms with Gasteiger partial charge < -0.3 is 15.3 Å². The number of hydrogen-bond acceptors (Lipinski definition) is 5. The monoisotopic (exact) mass is 288 g/mol. The Bertz CT molecular complexity index is 629.